The van der Waals surface area contributed by atoms with Crippen LogP contribution in [0.25, 0.3) is 0 Å². The molecule has 0 aliphatic heterocycles. The van der Waals surface area contributed by atoms with Gasteiger partial charge in [-0.3, -0.25) is 4.79 Å². The largest absolute Gasteiger partial charge is 0.414 e. The molecule has 1 N–H and O–H groups in total. The molecule has 0 saturated carbocycles. The van der Waals surface area contributed by atoms with Crippen molar-refractivity contribution >= 4 is 23.4 Å². The third-order valence-electron chi connectivity index (χ3n) is 3.21. The number of anilines is 1. The van der Waals surface area contributed by atoms with Crippen LogP contribution in [0.1, 0.15) is 17.0 Å². The van der Waals surface area contributed by atoms with E-state index in [9.17, 15) is 4.79 Å². The molecule has 8 nitrogen and oxygen atoms in total. The highest BCUT2D eigenvalue weighted by atomic mass is 32.2. The number of carbonyl (C=O) groups excluding carboxylic acids is 1. The van der Waals surface area contributed by atoms with Gasteiger partial charge in [-0.15, -0.1) is 10.2 Å². The number of aryl methyl sites for hydroxylation is 2. The Bertz CT molecular complexity index is 830. The minimum Gasteiger partial charge on any atom is -0.414 e. The number of nitrogens with zero attached hydrogens (tertiary/aromatic N) is 5. The molecule has 0 spiro atoms. The lowest BCUT2D eigenvalue weighted by atomic mass is 10.1. The van der Waals surface area contributed by atoms with Crippen molar-refractivity contribution < 1.29 is 9.21 Å². The summed E-state index contributed by atoms with van der Waals surface area (Å²) >= 11 is 1.19. The molecule has 1 aromatic carbocycles. The molecule has 3 aromatic rings. The number of hydrogen-bond donors (Lipinski definition) is 1. The zero-order valence-electron chi connectivity index (χ0n) is 13.3. The SMILES string of the molecule is Cc1ccc(C)c(NC(=O)CSc2nnc(Cn3cncn3)o2)c1. The summed E-state index contributed by atoms with van der Waals surface area (Å²) in [6.45, 7) is 4.29. The Labute approximate surface area is 142 Å². The van der Waals surface area contributed by atoms with Gasteiger partial charge in [0.2, 0.25) is 11.8 Å². The molecular weight excluding hydrogens is 328 g/mol. The molecule has 0 radical (unpaired) electrons. The Hall–Kier alpha value is -2.68. The number of benzene rings is 1. The first-order chi connectivity index (χ1) is 11.6. The van der Waals surface area contributed by atoms with Crippen LogP contribution >= 0.6 is 11.8 Å². The summed E-state index contributed by atoms with van der Waals surface area (Å²) in [6.07, 6.45) is 3.00. The van der Waals surface area contributed by atoms with Crippen LogP contribution in [-0.2, 0) is 11.3 Å². The second-order valence-electron chi connectivity index (χ2n) is 5.21. The van der Waals surface area contributed by atoms with Crippen LogP contribution in [0.5, 0.6) is 0 Å². The Morgan fingerprint density at radius 1 is 1.33 bits per heavy atom. The summed E-state index contributed by atoms with van der Waals surface area (Å²) in [7, 11) is 0. The monoisotopic (exact) mass is 344 g/mol. The smallest absolute Gasteiger partial charge is 0.277 e. The Morgan fingerprint density at radius 3 is 3.00 bits per heavy atom. The van der Waals surface area contributed by atoms with Crippen molar-refractivity contribution in [2.75, 3.05) is 11.1 Å². The number of carbonyl (C=O) groups is 1. The van der Waals surface area contributed by atoms with E-state index < -0.39 is 0 Å². The van der Waals surface area contributed by atoms with E-state index in [1.807, 2.05) is 32.0 Å². The van der Waals surface area contributed by atoms with Gasteiger partial charge in [0.05, 0.1) is 5.75 Å². The molecule has 9 heteroatoms. The molecule has 2 heterocycles. The van der Waals surface area contributed by atoms with Gasteiger partial charge in [-0.05, 0) is 31.0 Å². The highest BCUT2D eigenvalue weighted by Crippen LogP contribution is 2.19. The van der Waals surface area contributed by atoms with Crippen molar-refractivity contribution in [2.24, 2.45) is 0 Å². The Morgan fingerprint density at radius 2 is 2.21 bits per heavy atom. The Kier molecular flexibility index (Phi) is 4.90. The molecule has 124 valence electrons. The van der Waals surface area contributed by atoms with E-state index in [1.165, 1.54) is 18.1 Å². The molecule has 0 aliphatic rings. The van der Waals surface area contributed by atoms with E-state index in [-0.39, 0.29) is 11.7 Å². The molecule has 0 aliphatic carbocycles. The quantitative estimate of drug-likeness (QED) is 0.683. The molecule has 0 fully saturated rings. The van der Waals surface area contributed by atoms with Crippen LogP contribution in [-0.4, -0.2) is 36.6 Å². The minimum atomic E-state index is -0.121. The lowest BCUT2D eigenvalue weighted by molar-refractivity contribution is -0.113. The summed E-state index contributed by atoms with van der Waals surface area (Å²) in [5.41, 5.74) is 2.93. The van der Waals surface area contributed by atoms with Crippen molar-refractivity contribution in [3.8, 4) is 0 Å². The third-order valence-corrected chi connectivity index (χ3v) is 4.02. The number of nitrogens with one attached hydrogen (secondary N) is 1. The Balaban J connectivity index is 1.53. The van der Waals surface area contributed by atoms with Crippen molar-refractivity contribution in [1.29, 1.82) is 0 Å². The topological polar surface area (TPSA) is 98.7 Å². The van der Waals surface area contributed by atoms with Gasteiger partial charge in [0.1, 0.15) is 19.2 Å². The second-order valence-corrected chi connectivity index (χ2v) is 6.14. The summed E-state index contributed by atoms with van der Waals surface area (Å²) in [5.74, 6) is 0.487. The summed E-state index contributed by atoms with van der Waals surface area (Å²) < 4.78 is 7.05. The number of thioether (sulfide) groups is 1. The van der Waals surface area contributed by atoms with Gasteiger partial charge in [-0.1, -0.05) is 23.9 Å². The van der Waals surface area contributed by atoms with E-state index >= 15 is 0 Å². The first-order valence-electron chi connectivity index (χ1n) is 7.25. The lowest BCUT2D eigenvalue weighted by Crippen LogP contribution is -2.14. The predicted octanol–water partition coefficient (Wildman–Crippen LogP) is 2.06. The number of hydrogen-bond acceptors (Lipinski definition) is 7. The van der Waals surface area contributed by atoms with Gasteiger partial charge < -0.3 is 9.73 Å². The van der Waals surface area contributed by atoms with Crippen LogP contribution < -0.4 is 5.32 Å². The first-order valence-corrected chi connectivity index (χ1v) is 8.23. The van der Waals surface area contributed by atoms with E-state index in [2.05, 4.69) is 25.6 Å². The van der Waals surface area contributed by atoms with E-state index in [0.717, 1.165) is 16.8 Å². The maximum absolute atomic E-state index is 12.1. The number of aromatic nitrogens is 5. The van der Waals surface area contributed by atoms with Gasteiger partial charge in [0.15, 0.2) is 0 Å². The standard InChI is InChI=1S/C15H16N6O2S/c1-10-3-4-11(2)12(5-10)18-13(22)7-24-15-20-19-14(23-15)6-21-9-16-8-17-21/h3-5,8-9H,6-7H2,1-2H3,(H,18,22). The molecule has 2 aromatic heterocycles. The van der Waals surface area contributed by atoms with Gasteiger partial charge in [0, 0.05) is 5.69 Å². The molecule has 3 rings (SSSR count). The number of rotatable bonds is 6. The average molecular weight is 344 g/mol. The van der Waals surface area contributed by atoms with E-state index in [4.69, 9.17) is 4.42 Å². The second kappa shape index (κ2) is 7.26. The molecule has 0 bridgehead atoms. The molecule has 0 saturated heterocycles. The zero-order chi connectivity index (χ0) is 16.9. The van der Waals surface area contributed by atoms with Crippen LogP contribution in [0, 0.1) is 13.8 Å². The van der Waals surface area contributed by atoms with E-state index in [1.54, 1.807) is 11.0 Å². The van der Waals surface area contributed by atoms with Crippen LogP contribution in [0.2, 0.25) is 0 Å². The molecule has 0 unspecified atom stereocenters. The average Bonchev–Trinajstić information content (AvgIpc) is 3.21. The lowest BCUT2D eigenvalue weighted by Gasteiger charge is -2.08. The minimum absolute atomic E-state index is 0.121. The fourth-order valence-electron chi connectivity index (χ4n) is 2.00. The van der Waals surface area contributed by atoms with Crippen molar-refractivity contribution in [1.82, 2.24) is 25.0 Å². The molecule has 0 atom stereocenters. The zero-order valence-corrected chi connectivity index (χ0v) is 14.1. The van der Waals surface area contributed by atoms with Gasteiger partial charge in [-0.2, -0.15) is 5.10 Å². The predicted molar refractivity (Wildman–Crippen MR) is 88.7 cm³/mol. The van der Waals surface area contributed by atoms with Crippen molar-refractivity contribution in [2.45, 2.75) is 25.6 Å². The fraction of sp³-hybridized carbons (Fsp3) is 0.267. The maximum Gasteiger partial charge on any atom is 0.277 e. The van der Waals surface area contributed by atoms with E-state index in [0.29, 0.717) is 17.7 Å². The van der Waals surface area contributed by atoms with Gasteiger partial charge >= 0.3 is 0 Å². The summed E-state index contributed by atoms with van der Waals surface area (Å²) in [6, 6.07) is 5.93. The van der Waals surface area contributed by atoms with Crippen LogP contribution in [0.4, 0.5) is 5.69 Å². The molecule has 1 amide bonds. The maximum atomic E-state index is 12.1. The van der Waals surface area contributed by atoms with Crippen LogP contribution in [0.3, 0.4) is 0 Å². The van der Waals surface area contributed by atoms with Crippen molar-refractivity contribution in [3.05, 3.63) is 47.9 Å². The highest BCUT2D eigenvalue weighted by Gasteiger charge is 2.11. The normalized spacial score (nSPS) is 10.8. The van der Waals surface area contributed by atoms with Crippen LogP contribution in [0.15, 0.2) is 40.5 Å². The molecular formula is C15H16N6O2S. The van der Waals surface area contributed by atoms with Gasteiger partial charge in [-0.25, -0.2) is 9.67 Å². The summed E-state index contributed by atoms with van der Waals surface area (Å²) in [5, 5.41) is 15.0. The fourth-order valence-corrected chi connectivity index (χ4v) is 2.58. The number of amides is 1. The van der Waals surface area contributed by atoms with Gasteiger partial charge in [0.25, 0.3) is 5.22 Å². The molecule has 24 heavy (non-hydrogen) atoms. The third kappa shape index (κ3) is 4.19. The summed E-state index contributed by atoms with van der Waals surface area (Å²) in [4.78, 5) is 15.9. The highest BCUT2D eigenvalue weighted by molar-refractivity contribution is 7.99. The van der Waals surface area contributed by atoms with Crippen molar-refractivity contribution in [3.63, 3.8) is 0 Å². The first kappa shape index (κ1) is 16.2.